The molecule has 0 aliphatic carbocycles. The average molecular weight is 298 g/mol. The van der Waals surface area contributed by atoms with Crippen LogP contribution in [-0.2, 0) is 0 Å². The fourth-order valence-corrected chi connectivity index (χ4v) is 3.44. The normalized spacial score (nSPS) is 11.9. The van der Waals surface area contributed by atoms with Gasteiger partial charge in [-0.2, -0.15) is 0 Å². The van der Waals surface area contributed by atoms with Gasteiger partial charge in [0.15, 0.2) is 0 Å². The van der Waals surface area contributed by atoms with E-state index in [9.17, 15) is 10.1 Å². The molecule has 104 valence electrons. The van der Waals surface area contributed by atoms with Crippen LogP contribution in [0.1, 0.15) is 24.7 Å². The molecule has 0 fully saturated rings. The van der Waals surface area contributed by atoms with Gasteiger partial charge in [-0.25, -0.2) is 0 Å². The van der Waals surface area contributed by atoms with Crippen molar-refractivity contribution in [2.75, 3.05) is 19.6 Å². The molecule has 1 aromatic rings. The van der Waals surface area contributed by atoms with Gasteiger partial charge in [0.25, 0.3) is 0 Å². The van der Waals surface area contributed by atoms with Crippen molar-refractivity contribution in [3.8, 4) is 0 Å². The molecule has 0 aliphatic rings. The Hall–Kier alpha value is -1.14. The van der Waals surface area contributed by atoms with Crippen molar-refractivity contribution in [1.82, 2.24) is 4.90 Å². The van der Waals surface area contributed by atoms with E-state index in [-0.39, 0.29) is 16.7 Å². The van der Waals surface area contributed by atoms with E-state index in [1.807, 2.05) is 49.1 Å². The highest BCUT2D eigenvalue weighted by Crippen LogP contribution is 2.31. The molecule has 1 rings (SSSR count). The van der Waals surface area contributed by atoms with Crippen molar-refractivity contribution >= 4 is 28.3 Å². The van der Waals surface area contributed by atoms with E-state index in [0.717, 1.165) is 23.0 Å². The number of benzene rings is 1. The summed E-state index contributed by atoms with van der Waals surface area (Å²) in [4.78, 5) is 12.6. The standard InChI is InChI=1S/C13H18N2O2S2/c1-3-14(4-2)13(18)19-12(10-15(16)17)11-8-6-5-7-9-11/h5-9,12H,3-4,10H2,1-2H3. The Bertz CT molecular complexity index is 422. The SMILES string of the molecule is CCN(CC)C(=S)SC(C[N+](=O)[O-])c1ccccc1. The summed E-state index contributed by atoms with van der Waals surface area (Å²) in [7, 11) is 0. The molecule has 0 spiro atoms. The molecule has 0 radical (unpaired) electrons. The zero-order valence-corrected chi connectivity index (χ0v) is 12.7. The molecule has 1 unspecified atom stereocenters. The maximum atomic E-state index is 10.8. The van der Waals surface area contributed by atoms with Crippen molar-refractivity contribution in [3.63, 3.8) is 0 Å². The maximum absolute atomic E-state index is 10.8. The van der Waals surface area contributed by atoms with E-state index < -0.39 is 0 Å². The molecule has 0 aliphatic heterocycles. The molecule has 0 amide bonds. The minimum Gasteiger partial charge on any atom is -0.358 e. The minimum atomic E-state index is -0.282. The van der Waals surface area contributed by atoms with Crippen LogP contribution in [-0.4, -0.2) is 33.8 Å². The van der Waals surface area contributed by atoms with E-state index in [1.165, 1.54) is 11.8 Å². The third-order valence-electron chi connectivity index (χ3n) is 2.75. The van der Waals surface area contributed by atoms with Gasteiger partial charge < -0.3 is 4.90 Å². The molecule has 0 saturated carbocycles. The van der Waals surface area contributed by atoms with E-state index in [1.54, 1.807) is 0 Å². The topological polar surface area (TPSA) is 46.4 Å². The smallest absolute Gasteiger partial charge is 0.220 e. The Morgan fingerprint density at radius 1 is 1.37 bits per heavy atom. The third kappa shape index (κ3) is 5.16. The number of hydrogen-bond acceptors (Lipinski definition) is 4. The summed E-state index contributed by atoms with van der Waals surface area (Å²) in [5.74, 6) is 0. The zero-order valence-electron chi connectivity index (χ0n) is 11.1. The van der Waals surface area contributed by atoms with Crippen LogP contribution >= 0.6 is 24.0 Å². The van der Waals surface area contributed by atoms with Gasteiger partial charge in [0.2, 0.25) is 6.54 Å². The molecule has 0 heterocycles. The van der Waals surface area contributed by atoms with Crippen molar-refractivity contribution in [3.05, 3.63) is 46.0 Å². The van der Waals surface area contributed by atoms with Gasteiger partial charge >= 0.3 is 0 Å². The van der Waals surface area contributed by atoms with Crippen LogP contribution in [0.4, 0.5) is 0 Å². The summed E-state index contributed by atoms with van der Waals surface area (Å²) in [5, 5.41) is 10.6. The van der Waals surface area contributed by atoms with E-state index in [0.29, 0.717) is 0 Å². The molecule has 19 heavy (non-hydrogen) atoms. The van der Waals surface area contributed by atoms with E-state index in [2.05, 4.69) is 0 Å². The summed E-state index contributed by atoms with van der Waals surface area (Å²) >= 11 is 6.77. The predicted octanol–water partition coefficient (Wildman–Crippen LogP) is 3.36. The molecule has 0 bridgehead atoms. The first-order chi connectivity index (χ1) is 9.08. The minimum absolute atomic E-state index is 0.115. The second kappa shape index (κ2) is 8.12. The van der Waals surface area contributed by atoms with Crippen molar-refractivity contribution in [2.45, 2.75) is 19.1 Å². The Labute approximate surface area is 123 Å². The highest BCUT2D eigenvalue weighted by molar-refractivity contribution is 8.23. The van der Waals surface area contributed by atoms with Gasteiger partial charge in [-0.15, -0.1) is 0 Å². The molecular formula is C13H18N2O2S2. The van der Waals surface area contributed by atoms with Crippen LogP contribution in [0, 0.1) is 10.1 Å². The quantitative estimate of drug-likeness (QED) is 0.458. The molecule has 1 aromatic carbocycles. The number of nitro groups is 1. The summed E-state index contributed by atoms with van der Waals surface area (Å²) in [5.41, 5.74) is 0.943. The van der Waals surface area contributed by atoms with Crippen molar-refractivity contribution in [1.29, 1.82) is 0 Å². The largest absolute Gasteiger partial charge is 0.358 e. The lowest BCUT2D eigenvalue weighted by molar-refractivity contribution is -0.479. The molecule has 1 atom stereocenters. The van der Waals surface area contributed by atoms with E-state index >= 15 is 0 Å². The Balaban J connectivity index is 2.81. The molecule has 0 saturated heterocycles. The molecule has 4 nitrogen and oxygen atoms in total. The molecule has 0 N–H and O–H groups in total. The second-order valence-electron chi connectivity index (χ2n) is 3.97. The Kier molecular flexibility index (Phi) is 6.80. The first-order valence-electron chi connectivity index (χ1n) is 6.20. The maximum Gasteiger partial charge on any atom is 0.220 e. The van der Waals surface area contributed by atoms with Crippen molar-refractivity contribution < 1.29 is 4.92 Å². The monoisotopic (exact) mass is 298 g/mol. The van der Waals surface area contributed by atoms with Gasteiger partial charge in [0.1, 0.15) is 9.57 Å². The summed E-state index contributed by atoms with van der Waals surface area (Å²) in [6.45, 7) is 5.59. The van der Waals surface area contributed by atoms with Crippen LogP contribution in [0.3, 0.4) is 0 Å². The number of nitrogens with zero attached hydrogens (tertiary/aromatic N) is 2. The van der Waals surface area contributed by atoms with Crippen LogP contribution in [0.15, 0.2) is 30.3 Å². The zero-order chi connectivity index (χ0) is 14.3. The Morgan fingerprint density at radius 3 is 2.42 bits per heavy atom. The lowest BCUT2D eigenvalue weighted by Gasteiger charge is -2.23. The summed E-state index contributed by atoms with van der Waals surface area (Å²) < 4.78 is 0.723. The van der Waals surface area contributed by atoms with Crippen LogP contribution in [0.25, 0.3) is 0 Å². The second-order valence-corrected chi connectivity index (χ2v) is 5.81. The fourth-order valence-electron chi connectivity index (χ4n) is 1.69. The fraction of sp³-hybridized carbons (Fsp3) is 0.462. The highest BCUT2D eigenvalue weighted by Gasteiger charge is 2.22. The highest BCUT2D eigenvalue weighted by atomic mass is 32.2. The molecule has 6 heteroatoms. The number of hydrogen-bond donors (Lipinski definition) is 0. The first-order valence-corrected chi connectivity index (χ1v) is 7.49. The van der Waals surface area contributed by atoms with Gasteiger partial charge in [-0.3, -0.25) is 10.1 Å². The van der Waals surface area contributed by atoms with E-state index in [4.69, 9.17) is 12.2 Å². The lowest BCUT2D eigenvalue weighted by Crippen LogP contribution is -2.28. The molecular weight excluding hydrogens is 280 g/mol. The van der Waals surface area contributed by atoms with Crippen LogP contribution in [0.5, 0.6) is 0 Å². The predicted molar refractivity (Wildman–Crippen MR) is 84.2 cm³/mol. The van der Waals surface area contributed by atoms with Crippen LogP contribution in [0.2, 0.25) is 0 Å². The summed E-state index contributed by atoms with van der Waals surface area (Å²) in [6, 6.07) is 9.50. The lowest BCUT2D eigenvalue weighted by atomic mass is 10.1. The average Bonchev–Trinajstić information content (AvgIpc) is 2.40. The molecule has 0 aromatic heterocycles. The Morgan fingerprint density at radius 2 is 1.95 bits per heavy atom. The van der Waals surface area contributed by atoms with Crippen LogP contribution < -0.4 is 0 Å². The van der Waals surface area contributed by atoms with Gasteiger partial charge in [0, 0.05) is 18.0 Å². The first kappa shape index (κ1) is 15.9. The summed E-state index contributed by atoms with van der Waals surface area (Å²) in [6.07, 6.45) is 0. The number of thioether (sulfide) groups is 1. The van der Waals surface area contributed by atoms with Crippen molar-refractivity contribution in [2.24, 2.45) is 0 Å². The van der Waals surface area contributed by atoms with Gasteiger partial charge in [0.05, 0.1) is 0 Å². The number of rotatable bonds is 6. The van der Waals surface area contributed by atoms with Gasteiger partial charge in [-0.1, -0.05) is 54.3 Å². The van der Waals surface area contributed by atoms with Gasteiger partial charge in [-0.05, 0) is 19.4 Å². The number of thiocarbonyl (C=S) groups is 1. The third-order valence-corrected chi connectivity index (χ3v) is 4.46.